The lowest BCUT2D eigenvalue weighted by Gasteiger charge is -2.07. The van der Waals surface area contributed by atoms with Gasteiger partial charge in [0.25, 0.3) is 5.91 Å². The van der Waals surface area contributed by atoms with Crippen LogP contribution >= 0.6 is 0 Å². The van der Waals surface area contributed by atoms with Crippen LogP contribution in [-0.4, -0.2) is 36.4 Å². The lowest BCUT2D eigenvalue weighted by Crippen LogP contribution is -2.18. The van der Waals surface area contributed by atoms with Crippen LogP contribution in [0.5, 0.6) is 17.2 Å². The zero-order chi connectivity index (χ0) is 18.4. The summed E-state index contributed by atoms with van der Waals surface area (Å²) >= 11 is 0. The van der Waals surface area contributed by atoms with E-state index >= 15 is 0 Å². The van der Waals surface area contributed by atoms with E-state index in [1.54, 1.807) is 18.2 Å². The molecule has 0 heterocycles. The van der Waals surface area contributed by atoms with Crippen LogP contribution < -0.4 is 14.9 Å². The summed E-state index contributed by atoms with van der Waals surface area (Å²) in [5.41, 5.74) is 2.01. The summed E-state index contributed by atoms with van der Waals surface area (Å²) in [4.78, 5) is 22.0. The highest BCUT2D eigenvalue weighted by Gasteiger charge is 2.20. The van der Waals surface area contributed by atoms with E-state index < -0.39 is 22.3 Å². The number of hydrogen-bond donors (Lipinski definition) is 2. The number of carbonyl (C=O) groups is 1. The lowest BCUT2D eigenvalue weighted by atomic mass is 10.1. The van der Waals surface area contributed by atoms with Crippen LogP contribution in [0.2, 0.25) is 0 Å². The molecule has 25 heavy (non-hydrogen) atoms. The van der Waals surface area contributed by atoms with Crippen molar-refractivity contribution in [2.24, 2.45) is 5.10 Å². The SMILES string of the molecule is COc1ccc(/C=N\NC(=O)c2cccc([N+](=O)[O-])c2O)cc1OC. The van der Waals surface area contributed by atoms with E-state index in [4.69, 9.17) is 9.47 Å². The van der Waals surface area contributed by atoms with Crippen LogP contribution in [0, 0.1) is 10.1 Å². The number of ether oxygens (including phenoxy) is 2. The summed E-state index contributed by atoms with van der Waals surface area (Å²) < 4.78 is 10.3. The number of nitro benzene ring substituents is 1. The Morgan fingerprint density at radius 1 is 1.24 bits per heavy atom. The van der Waals surface area contributed by atoms with Crippen molar-refractivity contribution >= 4 is 17.8 Å². The van der Waals surface area contributed by atoms with Crippen LogP contribution in [0.3, 0.4) is 0 Å². The number of nitrogens with zero attached hydrogens (tertiary/aromatic N) is 2. The van der Waals surface area contributed by atoms with Gasteiger partial charge in [0.05, 0.1) is 30.9 Å². The molecule has 2 aromatic carbocycles. The molecule has 0 atom stereocenters. The number of benzene rings is 2. The van der Waals surface area contributed by atoms with Crippen LogP contribution in [0.4, 0.5) is 5.69 Å². The molecule has 0 unspecified atom stereocenters. The molecule has 0 saturated carbocycles. The maximum absolute atomic E-state index is 12.0. The third kappa shape index (κ3) is 4.02. The second-order valence-electron chi connectivity index (χ2n) is 4.74. The number of rotatable bonds is 6. The molecular formula is C16H15N3O6. The predicted molar refractivity (Wildman–Crippen MR) is 89.4 cm³/mol. The van der Waals surface area contributed by atoms with E-state index in [-0.39, 0.29) is 5.56 Å². The molecule has 9 nitrogen and oxygen atoms in total. The van der Waals surface area contributed by atoms with Gasteiger partial charge >= 0.3 is 5.69 Å². The molecular weight excluding hydrogens is 330 g/mol. The zero-order valence-corrected chi connectivity index (χ0v) is 13.4. The number of hydrazone groups is 1. The van der Waals surface area contributed by atoms with E-state index in [2.05, 4.69) is 10.5 Å². The first-order chi connectivity index (χ1) is 12.0. The van der Waals surface area contributed by atoms with Gasteiger partial charge in [0.15, 0.2) is 11.5 Å². The quantitative estimate of drug-likeness (QED) is 0.469. The molecule has 0 aliphatic heterocycles. The molecule has 0 aliphatic carbocycles. The van der Waals surface area contributed by atoms with E-state index in [0.717, 1.165) is 6.07 Å². The molecule has 0 fully saturated rings. The molecule has 0 saturated heterocycles. The van der Waals surface area contributed by atoms with Gasteiger partial charge < -0.3 is 14.6 Å². The van der Waals surface area contributed by atoms with Crippen molar-refractivity contribution in [3.05, 3.63) is 57.6 Å². The Balaban J connectivity index is 2.14. The Morgan fingerprint density at radius 3 is 2.60 bits per heavy atom. The number of carbonyl (C=O) groups excluding carboxylic acids is 1. The summed E-state index contributed by atoms with van der Waals surface area (Å²) in [5, 5.41) is 24.3. The number of methoxy groups -OCH3 is 2. The summed E-state index contributed by atoms with van der Waals surface area (Å²) in [7, 11) is 3.00. The van der Waals surface area contributed by atoms with Gasteiger partial charge in [-0.1, -0.05) is 6.07 Å². The molecule has 2 aromatic rings. The Hall–Kier alpha value is -3.62. The predicted octanol–water partition coefficient (Wildman–Crippen LogP) is 2.08. The molecule has 0 bridgehead atoms. The van der Waals surface area contributed by atoms with Gasteiger partial charge in [0.2, 0.25) is 5.75 Å². The lowest BCUT2D eigenvalue weighted by molar-refractivity contribution is -0.385. The van der Waals surface area contributed by atoms with Gasteiger partial charge in [0.1, 0.15) is 0 Å². The van der Waals surface area contributed by atoms with Crippen LogP contribution in [0.15, 0.2) is 41.5 Å². The fourth-order valence-corrected chi connectivity index (χ4v) is 2.02. The Bertz CT molecular complexity index is 835. The second-order valence-corrected chi connectivity index (χ2v) is 4.74. The summed E-state index contributed by atoms with van der Waals surface area (Å²) in [6.45, 7) is 0. The molecule has 0 radical (unpaired) electrons. The Kier molecular flexibility index (Phi) is 5.51. The first-order valence-electron chi connectivity index (χ1n) is 6.99. The maximum Gasteiger partial charge on any atom is 0.311 e. The fraction of sp³-hybridized carbons (Fsp3) is 0.125. The largest absolute Gasteiger partial charge is 0.502 e. The van der Waals surface area contributed by atoms with Crippen molar-refractivity contribution in [3.8, 4) is 17.2 Å². The van der Waals surface area contributed by atoms with Crippen molar-refractivity contribution in [2.45, 2.75) is 0 Å². The number of para-hydroxylation sites is 1. The summed E-state index contributed by atoms with van der Waals surface area (Å²) in [6, 6.07) is 8.67. The van der Waals surface area contributed by atoms with E-state index in [9.17, 15) is 20.0 Å². The number of amides is 1. The molecule has 2 N–H and O–H groups in total. The van der Waals surface area contributed by atoms with Crippen LogP contribution in [0.25, 0.3) is 0 Å². The second kappa shape index (κ2) is 7.77. The van der Waals surface area contributed by atoms with Gasteiger partial charge in [-0.25, -0.2) is 5.43 Å². The average molecular weight is 345 g/mol. The molecule has 0 spiro atoms. The van der Waals surface area contributed by atoms with Gasteiger partial charge in [-0.05, 0) is 29.8 Å². The number of phenolic OH excluding ortho intramolecular Hbond substituents is 1. The molecule has 0 aliphatic rings. The van der Waals surface area contributed by atoms with Crippen molar-refractivity contribution in [3.63, 3.8) is 0 Å². The summed E-state index contributed by atoms with van der Waals surface area (Å²) in [5.74, 6) is -0.455. The highest BCUT2D eigenvalue weighted by molar-refractivity contribution is 5.98. The molecule has 9 heteroatoms. The Morgan fingerprint density at radius 2 is 1.96 bits per heavy atom. The minimum atomic E-state index is -0.780. The van der Waals surface area contributed by atoms with Crippen LogP contribution in [0.1, 0.15) is 15.9 Å². The van der Waals surface area contributed by atoms with Crippen molar-refractivity contribution in [2.75, 3.05) is 14.2 Å². The minimum Gasteiger partial charge on any atom is -0.502 e. The average Bonchev–Trinajstić information content (AvgIpc) is 2.61. The van der Waals surface area contributed by atoms with Gasteiger partial charge in [-0.3, -0.25) is 14.9 Å². The van der Waals surface area contributed by atoms with Crippen molar-refractivity contribution in [1.29, 1.82) is 0 Å². The van der Waals surface area contributed by atoms with E-state index in [1.165, 1.54) is 32.6 Å². The molecule has 130 valence electrons. The highest BCUT2D eigenvalue weighted by Crippen LogP contribution is 2.29. The third-order valence-corrected chi connectivity index (χ3v) is 3.24. The number of phenols is 1. The van der Waals surface area contributed by atoms with Gasteiger partial charge in [-0.15, -0.1) is 0 Å². The van der Waals surface area contributed by atoms with Gasteiger partial charge in [0, 0.05) is 6.07 Å². The smallest absolute Gasteiger partial charge is 0.311 e. The first-order valence-corrected chi connectivity index (χ1v) is 6.99. The number of nitro groups is 1. The number of aromatic hydroxyl groups is 1. The van der Waals surface area contributed by atoms with Gasteiger partial charge in [-0.2, -0.15) is 5.10 Å². The Labute approximate surface area is 142 Å². The highest BCUT2D eigenvalue weighted by atomic mass is 16.6. The fourth-order valence-electron chi connectivity index (χ4n) is 2.02. The first kappa shape index (κ1) is 17.7. The van der Waals surface area contributed by atoms with E-state index in [0.29, 0.717) is 17.1 Å². The normalized spacial score (nSPS) is 10.5. The summed E-state index contributed by atoms with van der Waals surface area (Å²) in [6.07, 6.45) is 1.36. The molecule has 1 amide bonds. The van der Waals surface area contributed by atoms with E-state index in [1.807, 2.05) is 0 Å². The standard InChI is InChI=1S/C16H15N3O6/c1-24-13-7-6-10(8-14(13)25-2)9-17-18-16(21)11-4-3-5-12(15(11)20)19(22)23/h3-9,20H,1-2H3,(H,18,21)/b17-9-. The minimum absolute atomic E-state index is 0.251. The number of nitrogens with one attached hydrogen (secondary N) is 1. The third-order valence-electron chi connectivity index (χ3n) is 3.24. The number of hydrogen-bond acceptors (Lipinski definition) is 7. The monoisotopic (exact) mass is 345 g/mol. The molecule has 0 aromatic heterocycles. The van der Waals surface area contributed by atoms with Crippen molar-refractivity contribution < 1.29 is 24.3 Å². The van der Waals surface area contributed by atoms with Crippen LogP contribution in [-0.2, 0) is 0 Å². The van der Waals surface area contributed by atoms with Crippen molar-refractivity contribution in [1.82, 2.24) is 5.43 Å². The molecule has 2 rings (SSSR count). The topological polar surface area (TPSA) is 123 Å². The zero-order valence-electron chi connectivity index (χ0n) is 13.4. The maximum atomic E-state index is 12.0.